The van der Waals surface area contributed by atoms with Crippen LogP contribution in [0.3, 0.4) is 0 Å². The highest BCUT2D eigenvalue weighted by molar-refractivity contribution is 5.76. The second-order valence-electron chi connectivity index (χ2n) is 7.40. The van der Waals surface area contributed by atoms with Crippen molar-refractivity contribution < 1.29 is 4.79 Å². The number of nitrogens with one attached hydrogen (secondary N) is 1. The summed E-state index contributed by atoms with van der Waals surface area (Å²) in [6.45, 7) is 9.02. The lowest BCUT2D eigenvalue weighted by Crippen LogP contribution is -2.45. The third-order valence-corrected chi connectivity index (χ3v) is 4.76. The van der Waals surface area contributed by atoms with Crippen molar-refractivity contribution in [3.05, 3.63) is 18.0 Å². The van der Waals surface area contributed by atoms with Crippen LogP contribution in [0, 0.1) is 5.92 Å². The predicted octanol–water partition coefficient (Wildman–Crippen LogP) is 0.971. The van der Waals surface area contributed by atoms with Crippen molar-refractivity contribution in [1.29, 1.82) is 0 Å². The highest BCUT2D eigenvalue weighted by Gasteiger charge is 2.17. The summed E-state index contributed by atoms with van der Waals surface area (Å²) < 4.78 is 1.77. The normalized spacial score (nSPS) is 15.8. The number of anilines is 1. The Morgan fingerprint density at radius 3 is 2.69 bits per heavy atom. The lowest BCUT2D eigenvalue weighted by atomic mass is 10.1. The van der Waals surface area contributed by atoms with Crippen molar-refractivity contribution >= 4 is 17.4 Å². The Morgan fingerprint density at radius 2 is 1.96 bits per heavy atom. The van der Waals surface area contributed by atoms with Gasteiger partial charge in [0.05, 0.1) is 0 Å². The highest BCUT2D eigenvalue weighted by atomic mass is 16.1. The third-order valence-electron chi connectivity index (χ3n) is 4.76. The van der Waals surface area contributed by atoms with Crippen LogP contribution in [0.2, 0.25) is 0 Å². The molecule has 0 aliphatic carbocycles. The largest absolute Gasteiger partial charge is 0.356 e. The van der Waals surface area contributed by atoms with Gasteiger partial charge in [0.2, 0.25) is 5.91 Å². The minimum Gasteiger partial charge on any atom is -0.356 e. The van der Waals surface area contributed by atoms with Crippen LogP contribution in [-0.4, -0.2) is 70.4 Å². The van der Waals surface area contributed by atoms with Gasteiger partial charge in [0, 0.05) is 45.6 Å². The molecule has 0 saturated carbocycles. The Kier molecular flexibility index (Phi) is 6.03. The molecule has 1 aliphatic heterocycles. The minimum atomic E-state index is 0.0534. The van der Waals surface area contributed by atoms with Gasteiger partial charge in [-0.15, -0.1) is 15.3 Å². The van der Waals surface area contributed by atoms with Crippen molar-refractivity contribution in [2.75, 3.05) is 44.7 Å². The van der Waals surface area contributed by atoms with Crippen LogP contribution in [-0.2, 0) is 11.2 Å². The second kappa shape index (κ2) is 8.44. The lowest BCUT2D eigenvalue weighted by molar-refractivity contribution is -0.121. The quantitative estimate of drug-likeness (QED) is 0.794. The molecule has 3 heterocycles. The molecule has 1 amide bonds. The molecule has 26 heavy (non-hydrogen) atoms. The maximum absolute atomic E-state index is 12.0. The molecule has 1 aliphatic rings. The Labute approximate surface area is 154 Å². The monoisotopic (exact) mass is 359 g/mol. The van der Waals surface area contributed by atoms with Gasteiger partial charge >= 0.3 is 0 Å². The summed E-state index contributed by atoms with van der Waals surface area (Å²) in [4.78, 5) is 16.6. The zero-order chi connectivity index (χ0) is 18.5. The Balaban J connectivity index is 1.62. The van der Waals surface area contributed by atoms with Gasteiger partial charge < -0.3 is 15.1 Å². The van der Waals surface area contributed by atoms with Crippen molar-refractivity contribution in [3.63, 3.8) is 0 Å². The average molecular weight is 359 g/mol. The number of piperazine rings is 1. The SMILES string of the molecule is CC(C)CCNC(=O)CCc1nnc2ccc(N3CCN(C)CC3)nn12. The first-order valence-corrected chi connectivity index (χ1v) is 9.44. The number of rotatable bonds is 7. The summed E-state index contributed by atoms with van der Waals surface area (Å²) >= 11 is 0. The van der Waals surface area contributed by atoms with Gasteiger partial charge in [0.25, 0.3) is 0 Å². The van der Waals surface area contributed by atoms with Crippen molar-refractivity contribution in [1.82, 2.24) is 30.0 Å². The number of nitrogens with zero attached hydrogens (tertiary/aromatic N) is 6. The molecule has 2 aromatic heterocycles. The fraction of sp³-hybridized carbons (Fsp3) is 0.667. The maximum Gasteiger partial charge on any atom is 0.220 e. The fourth-order valence-electron chi connectivity index (χ4n) is 3.00. The summed E-state index contributed by atoms with van der Waals surface area (Å²) in [6.07, 6.45) is 1.93. The number of hydrogen-bond acceptors (Lipinski definition) is 6. The van der Waals surface area contributed by atoms with E-state index in [0.717, 1.165) is 56.4 Å². The first-order chi connectivity index (χ1) is 12.5. The van der Waals surface area contributed by atoms with E-state index in [1.807, 2.05) is 12.1 Å². The van der Waals surface area contributed by atoms with Crippen molar-refractivity contribution in [2.24, 2.45) is 5.92 Å². The summed E-state index contributed by atoms with van der Waals surface area (Å²) in [5, 5.41) is 16.1. The van der Waals surface area contributed by atoms with Crippen molar-refractivity contribution in [2.45, 2.75) is 33.1 Å². The number of hydrogen-bond donors (Lipinski definition) is 1. The van der Waals surface area contributed by atoms with E-state index >= 15 is 0 Å². The van der Waals surface area contributed by atoms with Gasteiger partial charge in [-0.05, 0) is 31.5 Å². The molecule has 0 unspecified atom stereocenters. The van der Waals surface area contributed by atoms with E-state index in [1.54, 1.807) is 4.52 Å². The Hall–Kier alpha value is -2.22. The molecule has 0 atom stereocenters. The fourth-order valence-corrected chi connectivity index (χ4v) is 3.00. The van der Waals surface area contributed by atoms with Crippen molar-refractivity contribution in [3.8, 4) is 0 Å². The molecule has 0 radical (unpaired) electrons. The minimum absolute atomic E-state index is 0.0534. The number of carbonyl (C=O) groups is 1. The molecule has 8 nitrogen and oxygen atoms in total. The number of amides is 1. The molecule has 1 N–H and O–H groups in total. The number of carbonyl (C=O) groups excluding carboxylic acids is 1. The van der Waals surface area contributed by atoms with Crippen LogP contribution in [0.25, 0.3) is 5.65 Å². The lowest BCUT2D eigenvalue weighted by Gasteiger charge is -2.33. The van der Waals surface area contributed by atoms with E-state index in [4.69, 9.17) is 5.10 Å². The number of likely N-dealkylation sites (N-methyl/N-ethyl adjacent to an activating group) is 1. The van der Waals surface area contributed by atoms with Gasteiger partial charge in [0.1, 0.15) is 5.82 Å². The molecular formula is C18H29N7O. The molecule has 1 saturated heterocycles. The first-order valence-electron chi connectivity index (χ1n) is 9.44. The summed E-state index contributed by atoms with van der Waals surface area (Å²) in [5.74, 6) is 2.31. The van der Waals surface area contributed by atoms with E-state index in [0.29, 0.717) is 18.8 Å². The summed E-state index contributed by atoms with van der Waals surface area (Å²) in [6, 6.07) is 3.94. The zero-order valence-electron chi connectivity index (χ0n) is 16.0. The number of aromatic nitrogens is 4. The molecule has 142 valence electrons. The Morgan fingerprint density at radius 1 is 1.19 bits per heavy atom. The van der Waals surface area contributed by atoms with Gasteiger partial charge in [-0.1, -0.05) is 13.8 Å². The summed E-state index contributed by atoms with van der Waals surface area (Å²) in [7, 11) is 2.14. The van der Waals surface area contributed by atoms with Crippen LogP contribution in [0.1, 0.15) is 32.5 Å². The zero-order valence-corrected chi connectivity index (χ0v) is 16.0. The van der Waals surface area contributed by atoms with Gasteiger partial charge in [0.15, 0.2) is 11.5 Å². The average Bonchev–Trinajstić information content (AvgIpc) is 3.02. The topological polar surface area (TPSA) is 78.7 Å². The predicted molar refractivity (Wildman–Crippen MR) is 101 cm³/mol. The van der Waals surface area contributed by atoms with Crippen LogP contribution >= 0.6 is 0 Å². The van der Waals surface area contributed by atoms with E-state index in [9.17, 15) is 4.79 Å². The Bertz CT molecular complexity index is 734. The van der Waals surface area contributed by atoms with E-state index in [2.05, 4.69) is 46.2 Å². The molecule has 2 aromatic rings. The first kappa shape index (κ1) is 18.6. The molecular weight excluding hydrogens is 330 g/mol. The molecule has 1 fully saturated rings. The van der Waals surface area contributed by atoms with E-state index in [1.165, 1.54) is 0 Å². The molecule has 8 heteroatoms. The number of fused-ring (bicyclic) bond motifs is 1. The molecule has 3 rings (SSSR count). The summed E-state index contributed by atoms with van der Waals surface area (Å²) in [5.41, 5.74) is 0.720. The van der Waals surface area contributed by atoms with Crippen LogP contribution in [0.4, 0.5) is 5.82 Å². The smallest absolute Gasteiger partial charge is 0.220 e. The maximum atomic E-state index is 12.0. The van der Waals surface area contributed by atoms with E-state index < -0.39 is 0 Å². The van der Waals surface area contributed by atoms with Crippen LogP contribution in [0.15, 0.2) is 12.1 Å². The number of aryl methyl sites for hydroxylation is 1. The molecule has 0 spiro atoms. The van der Waals surface area contributed by atoms with Crippen LogP contribution in [0.5, 0.6) is 0 Å². The van der Waals surface area contributed by atoms with Gasteiger partial charge in [-0.3, -0.25) is 4.79 Å². The molecule has 0 aromatic carbocycles. The highest BCUT2D eigenvalue weighted by Crippen LogP contribution is 2.15. The van der Waals surface area contributed by atoms with Gasteiger partial charge in [-0.2, -0.15) is 4.52 Å². The van der Waals surface area contributed by atoms with E-state index in [-0.39, 0.29) is 5.91 Å². The standard InChI is InChI=1S/C18H29N7O/c1-14(2)8-9-19-18(26)7-6-16-21-20-15-4-5-17(22-25(15)16)24-12-10-23(3)11-13-24/h4-5,14H,6-13H2,1-3H3,(H,19,26). The van der Waals surface area contributed by atoms with Gasteiger partial charge in [-0.25, -0.2) is 0 Å². The second-order valence-corrected chi connectivity index (χ2v) is 7.40. The molecule has 0 bridgehead atoms. The van der Waals surface area contributed by atoms with Crippen LogP contribution < -0.4 is 10.2 Å². The third kappa shape index (κ3) is 4.69.